The maximum atomic E-state index is 14.0. The van der Waals surface area contributed by atoms with Gasteiger partial charge in [-0.15, -0.1) is 0 Å². The molecule has 0 N–H and O–H groups in total. The van der Waals surface area contributed by atoms with E-state index in [2.05, 4.69) is 0 Å². The van der Waals surface area contributed by atoms with Crippen LogP contribution in [0.2, 0.25) is 0 Å². The largest absolute Gasteiger partial charge is 0.494 e. The molecule has 220 valence electrons. The third-order valence-electron chi connectivity index (χ3n) is 5.73. The van der Waals surface area contributed by atoms with Crippen LogP contribution in [0.25, 0.3) is 0 Å². The minimum absolute atomic E-state index is 0.423. The third kappa shape index (κ3) is 6.10. The van der Waals surface area contributed by atoms with Gasteiger partial charge in [0.25, 0.3) is 0 Å². The van der Waals surface area contributed by atoms with Crippen molar-refractivity contribution in [3.8, 4) is 5.75 Å². The molecule has 38 heavy (non-hydrogen) atoms. The van der Waals surface area contributed by atoms with Crippen molar-refractivity contribution < 1.29 is 71.3 Å². The lowest BCUT2D eigenvalue weighted by atomic mass is 9.90. The molecule has 1 aliphatic heterocycles. The average molecular weight is 582 g/mol. The monoisotopic (exact) mass is 582 g/mol. The molecule has 3 nitrogen and oxygen atoms in total. The molecule has 0 unspecified atom stereocenters. The lowest BCUT2D eigenvalue weighted by molar-refractivity contribution is -0.440. The van der Waals surface area contributed by atoms with E-state index in [0.717, 1.165) is 12.8 Å². The van der Waals surface area contributed by atoms with E-state index in [1.165, 1.54) is 0 Å². The topological polar surface area (TPSA) is 27.7 Å². The molecule has 0 aliphatic carbocycles. The van der Waals surface area contributed by atoms with Crippen LogP contribution in [0.4, 0.5) is 57.1 Å². The summed E-state index contributed by atoms with van der Waals surface area (Å²) in [7, 11) is 0. The van der Waals surface area contributed by atoms with Gasteiger partial charge in [-0.25, -0.2) is 0 Å². The molecule has 1 aromatic rings. The van der Waals surface area contributed by atoms with Crippen LogP contribution in [0.5, 0.6) is 5.75 Å². The van der Waals surface area contributed by atoms with Crippen molar-refractivity contribution in [2.24, 2.45) is 5.92 Å². The van der Waals surface area contributed by atoms with Gasteiger partial charge in [-0.05, 0) is 25.0 Å². The highest BCUT2D eigenvalue weighted by Crippen LogP contribution is 2.60. The van der Waals surface area contributed by atoms with E-state index in [-0.39, 0.29) is 0 Å². The Morgan fingerprint density at radius 1 is 0.789 bits per heavy atom. The van der Waals surface area contributed by atoms with Crippen molar-refractivity contribution in [2.75, 3.05) is 19.8 Å². The Morgan fingerprint density at radius 3 is 1.87 bits per heavy atom. The van der Waals surface area contributed by atoms with Crippen LogP contribution in [0, 0.1) is 5.92 Å². The summed E-state index contributed by atoms with van der Waals surface area (Å²) in [6.45, 7) is 1.49. The second kappa shape index (κ2) is 11.3. The second-order valence-corrected chi connectivity index (χ2v) is 8.68. The molecule has 16 heteroatoms. The number of alkyl halides is 13. The highest BCUT2D eigenvalue weighted by atomic mass is 19.4. The standard InChI is InChI=1S/C22H23F13O3/c1-2-3-9-36-15-6-4-5-14(10-15)16-37-11-13(12-38-16)7-8-17(23,24)18(25,26)19(27,28)20(29,30)21(31,32)22(33,34)35/h4-6,10,13,16H,2-3,7-9,11-12H2,1H3/t13-,16+. The summed E-state index contributed by atoms with van der Waals surface area (Å²) in [5, 5.41) is 0. The van der Waals surface area contributed by atoms with Gasteiger partial charge in [-0.3, -0.25) is 0 Å². The third-order valence-corrected chi connectivity index (χ3v) is 5.73. The zero-order valence-electron chi connectivity index (χ0n) is 19.6. The van der Waals surface area contributed by atoms with Crippen molar-refractivity contribution >= 4 is 0 Å². The van der Waals surface area contributed by atoms with Gasteiger partial charge in [-0.2, -0.15) is 57.1 Å². The van der Waals surface area contributed by atoms with E-state index in [9.17, 15) is 57.1 Å². The lowest BCUT2D eigenvalue weighted by Gasteiger charge is -2.40. The van der Waals surface area contributed by atoms with Gasteiger partial charge in [-0.1, -0.05) is 25.5 Å². The summed E-state index contributed by atoms with van der Waals surface area (Å²) in [5.41, 5.74) is 0.432. The van der Waals surface area contributed by atoms with E-state index in [1.807, 2.05) is 6.92 Å². The molecule has 0 aromatic heterocycles. The molecule has 0 atom stereocenters. The highest BCUT2D eigenvalue weighted by molar-refractivity contribution is 5.29. The maximum Gasteiger partial charge on any atom is 0.460 e. The van der Waals surface area contributed by atoms with Crippen LogP contribution in [0.15, 0.2) is 24.3 Å². The Hall–Kier alpha value is -1.97. The Balaban J connectivity index is 2.04. The summed E-state index contributed by atoms with van der Waals surface area (Å²) in [5.74, 6) is -37.5. The molecule has 0 saturated carbocycles. The van der Waals surface area contributed by atoms with Gasteiger partial charge >= 0.3 is 35.8 Å². The number of benzene rings is 1. The summed E-state index contributed by atoms with van der Waals surface area (Å²) >= 11 is 0. The van der Waals surface area contributed by atoms with Gasteiger partial charge < -0.3 is 14.2 Å². The Bertz CT molecular complexity index is 910. The Morgan fingerprint density at radius 2 is 1.34 bits per heavy atom. The first-order valence-corrected chi connectivity index (χ1v) is 11.1. The summed E-state index contributed by atoms with van der Waals surface area (Å²) in [6, 6.07) is 6.34. The van der Waals surface area contributed by atoms with Crippen molar-refractivity contribution in [1.82, 2.24) is 0 Å². The molecule has 1 aliphatic rings. The van der Waals surface area contributed by atoms with Crippen LogP contribution in [0.1, 0.15) is 44.5 Å². The smallest absolute Gasteiger partial charge is 0.460 e. The molecule has 2 rings (SSSR count). The quantitative estimate of drug-likeness (QED) is 0.185. The van der Waals surface area contributed by atoms with E-state index >= 15 is 0 Å². The molecule has 1 fully saturated rings. The fraction of sp³-hybridized carbons (Fsp3) is 0.727. The number of ether oxygens (including phenoxy) is 3. The predicted molar refractivity (Wildman–Crippen MR) is 105 cm³/mol. The fourth-order valence-corrected chi connectivity index (χ4v) is 3.33. The molecule has 1 saturated heterocycles. The van der Waals surface area contributed by atoms with Crippen molar-refractivity contribution in [3.05, 3.63) is 29.8 Å². The summed E-state index contributed by atoms with van der Waals surface area (Å²) in [6.07, 6.45) is -10.2. The minimum Gasteiger partial charge on any atom is -0.494 e. The Labute approximate surface area is 208 Å². The first-order valence-electron chi connectivity index (χ1n) is 11.1. The number of unbranched alkanes of at least 4 members (excludes halogenated alkanes) is 1. The molecule has 0 amide bonds. The molecular formula is C22H23F13O3. The highest BCUT2D eigenvalue weighted by Gasteiger charge is 2.90. The van der Waals surface area contributed by atoms with E-state index < -0.39 is 74.1 Å². The van der Waals surface area contributed by atoms with Gasteiger partial charge in [0.2, 0.25) is 0 Å². The number of hydrogen-bond acceptors (Lipinski definition) is 3. The average Bonchev–Trinajstić information content (AvgIpc) is 2.82. The van der Waals surface area contributed by atoms with E-state index in [4.69, 9.17) is 14.2 Å². The Kier molecular flexibility index (Phi) is 9.55. The number of halogens is 13. The maximum absolute atomic E-state index is 14.0. The van der Waals surface area contributed by atoms with Crippen LogP contribution in [-0.2, 0) is 9.47 Å². The molecular weight excluding hydrogens is 559 g/mol. The first kappa shape index (κ1) is 32.2. The number of hydrogen-bond donors (Lipinski definition) is 0. The second-order valence-electron chi connectivity index (χ2n) is 8.68. The van der Waals surface area contributed by atoms with Crippen molar-refractivity contribution in [2.45, 2.75) is 74.7 Å². The number of rotatable bonds is 12. The van der Waals surface area contributed by atoms with Crippen LogP contribution in [-0.4, -0.2) is 55.6 Å². The lowest BCUT2D eigenvalue weighted by Crippen LogP contribution is -2.70. The van der Waals surface area contributed by atoms with Crippen LogP contribution in [0.3, 0.4) is 0 Å². The predicted octanol–water partition coefficient (Wildman–Crippen LogP) is 8.05. The summed E-state index contributed by atoms with van der Waals surface area (Å²) in [4.78, 5) is 0. The first-order chi connectivity index (χ1) is 17.2. The molecule has 0 radical (unpaired) electrons. The van der Waals surface area contributed by atoms with Crippen molar-refractivity contribution in [3.63, 3.8) is 0 Å². The van der Waals surface area contributed by atoms with E-state index in [0.29, 0.717) is 17.9 Å². The zero-order valence-corrected chi connectivity index (χ0v) is 19.6. The van der Waals surface area contributed by atoms with Gasteiger partial charge in [0.1, 0.15) is 5.75 Å². The SMILES string of the molecule is CCCCOc1cccc([C@H]2OC[C@@H](CCC(F)(F)C(F)(F)C(F)(F)C(F)(F)C(F)(F)C(F)(F)F)CO2)c1. The molecule has 1 heterocycles. The molecule has 0 bridgehead atoms. The van der Waals surface area contributed by atoms with Crippen LogP contribution >= 0.6 is 0 Å². The van der Waals surface area contributed by atoms with Gasteiger partial charge in [0.05, 0.1) is 19.8 Å². The summed E-state index contributed by atoms with van der Waals surface area (Å²) < 4.78 is 188. The minimum atomic E-state index is -7.90. The zero-order chi connectivity index (χ0) is 29.2. The van der Waals surface area contributed by atoms with Gasteiger partial charge in [0.15, 0.2) is 6.29 Å². The van der Waals surface area contributed by atoms with Crippen molar-refractivity contribution in [1.29, 1.82) is 0 Å². The van der Waals surface area contributed by atoms with Crippen LogP contribution < -0.4 is 4.74 Å². The fourth-order valence-electron chi connectivity index (χ4n) is 3.33. The van der Waals surface area contributed by atoms with E-state index in [1.54, 1.807) is 24.3 Å². The van der Waals surface area contributed by atoms with Gasteiger partial charge in [0, 0.05) is 17.9 Å². The molecule has 0 spiro atoms. The normalized spacial score (nSPS) is 20.5. The molecule has 1 aromatic carbocycles.